The van der Waals surface area contributed by atoms with Gasteiger partial charge in [0.05, 0.1) is 5.02 Å². The van der Waals surface area contributed by atoms with Gasteiger partial charge >= 0.3 is 5.97 Å². The van der Waals surface area contributed by atoms with Crippen molar-refractivity contribution in [2.24, 2.45) is 0 Å². The van der Waals surface area contributed by atoms with E-state index in [1.165, 1.54) is 25.1 Å². The first kappa shape index (κ1) is 13.5. The molecule has 0 saturated carbocycles. The fraction of sp³-hybridized carbons (Fsp3) is 0.333. The third-order valence-corrected chi connectivity index (χ3v) is 2.54. The van der Waals surface area contributed by atoms with Crippen molar-refractivity contribution in [3.05, 3.63) is 28.8 Å². The molecule has 0 bridgehead atoms. The Kier molecular flexibility index (Phi) is 4.52. The number of Topliss-reactive ketones (excluding diaryl/α,β-unsaturated/α-hetero) is 1. The van der Waals surface area contributed by atoms with Gasteiger partial charge in [-0.05, 0) is 25.1 Å². The molecule has 1 aromatic rings. The van der Waals surface area contributed by atoms with Crippen LogP contribution in [0.25, 0.3) is 0 Å². The highest BCUT2D eigenvalue weighted by atomic mass is 35.5. The van der Waals surface area contributed by atoms with Crippen LogP contribution < -0.4 is 4.74 Å². The van der Waals surface area contributed by atoms with Gasteiger partial charge in [0, 0.05) is 12.0 Å². The summed E-state index contributed by atoms with van der Waals surface area (Å²) in [6, 6.07) is 4.52. The molecular formula is C12H13ClO4. The number of halogens is 1. The minimum Gasteiger partial charge on any atom is -0.479 e. The van der Waals surface area contributed by atoms with Crippen molar-refractivity contribution in [3.63, 3.8) is 0 Å². The minimum absolute atomic E-state index is 0.0622. The van der Waals surface area contributed by atoms with Crippen LogP contribution >= 0.6 is 11.6 Å². The maximum atomic E-state index is 11.5. The SMILES string of the molecule is CCC(=O)c1ccc(OC(C)C(=O)O)cc1Cl. The van der Waals surface area contributed by atoms with E-state index in [9.17, 15) is 9.59 Å². The van der Waals surface area contributed by atoms with Crippen molar-refractivity contribution in [3.8, 4) is 5.75 Å². The summed E-state index contributed by atoms with van der Waals surface area (Å²) in [4.78, 5) is 22.1. The molecule has 0 aromatic heterocycles. The zero-order chi connectivity index (χ0) is 13.0. The number of carbonyl (C=O) groups excluding carboxylic acids is 1. The average molecular weight is 257 g/mol. The van der Waals surface area contributed by atoms with Crippen LogP contribution in [0.2, 0.25) is 5.02 Å². The Morgan fingerprint density at radius 1 is 1.47 bits per heavy atom. The van der Waals surface area contributed by atoms with Crippen LogP contribution in [0.1, 0.15) is 30.6 Å². The number of benzene rings is 1. The first-order valence-corrected chi connectivity index (χ1v) is 5.55. The summed E-state index contributed by atoms with van der Waals surface area (Å²) >= 11 is 5.92. The topological polar surface area (TPSA) is 63.6 Å². The van der Waals surface area contributed by atoms with Gasteiger partial charge in [0.15, 0.2) is 11.9 Å². The van der Waals surface area contributed by atoms with E-state index in [4.69, 9.17) is 21.4 Å². The lowest BCUT2D eigenvalue weighted by atomic mass is 10.1. The monoisotopic (exact) mass is 256 g/mol. The molecule has 0 spiro atoms. The van der Waals surface area contributed by atoms with Crippen LogP contribution in [0.5, 0.6) is 5.75 Å². The maximum Gasteiger partial charge on any atom is 0.344 e. The highest BCUT2D eigenvalue weighted by Gasteiger charge is 2.14. The molecule has 92 valence electrons. The van der Waals surface area contributed by atoms with Crippen molar-refractivity contribution >= 4 is 23.4 Å². The van der Waals surface area contributed by atoms with Gasteiger partial charge in [0.25, 0.3) is 0 Å². The Morgan fingerprint density at radius 2 is 2.12 bits per heavy atom. The highest BCUT2D eigenvalue weighted by Crippen LogP contribution is 2.24. The van der Waals surface area contributed by atoms with E-state index in [1.807, 2.05) is 0 Å². The number of carboxylic acids is 1. The number of carboxylic acid groups (broad SMARTS) is 1. The van der Waals surface area contributed by atoms with Crippen molar-refractivity contribution in [2.75, 3.05) is 0 Å². The minimum atomic E-state index is -1.06. The molecule has 1 atom stereocenters. The lowest BCUT2D eigenvalue weighted by molar-refractivity contribution is -0.144. The van der Waals surface area contributed by atoms with Gasteiger partial charge in [0.2, 0.25) is 0 Å². The molecule has 0 saturated heterocycles. The summed E-state index contributed by atoms with van der Waals surface area (Å²) in [6.07, 6.45) is -0.593. The third kappa shape index (κ3) is 3.46. The summed E-state index contributed by atoms with van der Waals surface area (Å²) in [5.41, 5.74) is 0.421. The number of hydrogen-bond donors (Lipinski definition) is 1. The standard InChI is InChI=1S/C12H13ClO4/c1-3-11(14)9-5-4-8(6-10(9)13)17-7(2)12(15)16/h4-7H,3H2,1-2H3,(H,15,16). The summed E-state index contributed by atoms with van der Waals surface area (Å²) < 4.78 is 5.13. The van der Waals surface area contributed by atoms with Crippen LogP contribution in [0.15, 0.2) is 18.2 Å². The smallest absolute Gasteiger partial charge is 0.344 e. The average Bonchev–Trinajstić information content (AvgIpc) is 2.28. The zero-order valence-corrected chi connectivity index (χ0v) is 10.3. The van der Waals surface area contributed by atoms with Gasteiger partial charge < -0.3 is 9.84 Å². The predicted molar refractivity (Wildman–Crippen MR) is 63.8 cm³/mol. The van der Waals surface area contributed by atoms with Crippen molar-refractivity contribution in [1.29, 1.82) is 0 Å². The summed E-state index contributed by atoms with van der Waals surface area (Å²) in [7, 11) is 0. The number of ether oxygens (including phenoxy) is 1. The molecule has 17 heavy (non-hydrogen) atoms. The molecule has 1 aromatic carbocycles. The van der Waals surface area contributed by atoms with Gasteiger partial charge in [-0.25, -0.2) is 4.79 Å². The number of aliphatic carboxylic acids is 1. The van der Waals surface area contributed by atoms with Crippen LogP contribution in [-0.4, -0.2) is 23.0 Å². The number of carbonyl (C=O) groups is 2. The van der Waals surface area contributed by atoms with Crippen LogP contribution in [0.3, 0.4) is 0 Å². The predicted octanol–water partition coefficient (Wildman–Crippen LogP) is 2.78. The van der Waals surface area contributed by atoms with E-state index in [0.29, 0.717) is 17.7 Å². The first-order chi connectivity index (χ1) is 7.95. The molecule has 0 aliphatic carbocycles. The maximum absolute atomic E-state index is 11.5. The Labute approximate surface area is 104 Å². The van der Waals surface area contributed by atoms with Gasteiger partial charge in [-0.15, -0.1) is 0 Å². The molecule has 0 aliphatic heterocycles. The molecule has 0 aliphatic rings. The summed E-state index contributed by atoms with van der Waals surface area (Å²) in [5.74, 6) is -0.791. The van der Waals surface area contributed by atoms with Gasteiger partial charge in [-0.1, -0.05) is 18.5 Å². The molecule has 1 rings (SSSR count). The molecule has 1 N–H and O–H groups in total. The molecule has 0 heterocycles. The van der Waals surface area contributed by atoms with E-state index in [2.05, 4.69) is 0 Å². The Bertz CT molecular complexity index is 442. The van der Waals surface area contributed by atoms with Crippen molar-refractivity contribution < 1.29 is 19.4 Å². The zero-order valence-electron chi connectivity index (χ0n) is 9.57. The molecule has 1 unspecified atom stereocenters. The highest BCUT2D eigenvalue weighted by molar-refractivity contribution is 6.34. The number of hydrogen-bond acceptors (Lipinski definition) is 3. The quantitative estimate of drug-likeness (QED) is 0.823. The van der Waals surface area contributed by atoms with E-state index < -0.39 is 12.1 Å². The van der Waals surface area contributed by atoms with E-state index >= 15 is 0 Å². The molecule has 0 radical (unpaired) electrons. The second-order valence-corrected chi connectivity index (χ2v) is 3.92. The lowest BCUT2D eigenvalue weighted by Crippen LogP contribution is -2.22. The largest absolute Gasteiger partial charge is 0.479 e. The Balaban J connectivity index is 2.89. The summed E-state index contributed by atoms with van der Waals surface area (Å²) in [6.45, 7) is 3.16. The lowest BCUT2D eigenvalue weighted by Gasteiger charge is -2.11. The molecule has 4 nitrogen and oxygen atoms in total. The van der Waals surface area contributed by atoms with Crippen molar-refractivity contribution in [1.82, 2.24) is 0 Å². The van der Waals surface area contributed by atoms with Gasteiger partial charge in [-0.2, -0.15) is 0 Å². The molecule has 0 amide bonds. The van der Waals surface area contributed by atoms with Crippen LogP contribution in [-0.2, 0) is 4.79 Å². The fourth-order valence-electron chi connectivity index (χ4n) is 1.24. The third-order valence-electron chi connectivity index (χ3n) is 2.22. The second-order valence-electron chi connectivity index (χ2n) is 3.52. The van der Waals surface area contributed by atoms with E-state index in [0.717, 1.165) is 0 Å². The van der Waals surface area contributed by atoms with Crippen molar-refractivity contribution in [2.45, 2.75) is 26.4 Å². The molecular weight excluding hydrogens is 244 g/mol. The van der Waals surface area contributed by atoms with Gasteiger partial charge in [-0.3, -0.25) is 4.79 Å². The number of rotatable bonds is 5. The Morgan fingerprint density at radius 3 is 2.59 bits per heavy atom. The normalized spacial score (nSPS) is 11.9. The Hall–Kier alpha value is -1.55. The fourth-order valence-corrected chi connectivity index (χ4v) is 1.52. The summed E-state index contributed by atoms with van der Waals surface area (Å²) in [5, 5.41) is 8.95. The molecule has 5 heteroatoms. The van der Waals surface area contributed by atoms with Gasteiger partial charge in [0.1, 0.15) is 5.75 Å². The van der Waals surface area contributed by atoms with E-state index in [-0.39, 0.29) is 10.8 Å². The van der Waals surface area contributed by atoms with Crippen LogP contribution in [0.4, 0.5) is 0 Å². The van der Waals surface area contributed by atoms with E-state index in [1.54, 1.807) is 6.92 Å². The first-order valence-electron chi connectivity index (χ1n) is 5.18. The second kappa shape index (κ2) is 5.68. The number of ketones is 1. The van der Waals surface area contributed by atoms with Crippen LogP contribution in [0, 0.1) is 0 Å². The molecule has 0 fully saturated rings.